The second kappa shape index (κ2) is 8.19. The molecule has 0 heterocycles. The maximum absolute atomic E-state index is 11.7. The Kier molecular flexibility index (Phi) is 5.75. The highest BCUT2D eigenvalue weighted by molar-refractivity contribution is 5.85. The van der Waals surface area contributed by atoms with E-state index >= 15 is 0 Å². The van der Waals surface area contributed by atoms with Gasteiger partial charge in [-0.1, -0.05) is 12.1 Å². The number of carbonyl (C=O) groups excluding carboxylic acids is 1. The molecule has 0 bridgehead atoms. The topological polar surface area (TPSA) is 104 Å². The molecule has 2 N–H and O–H groups in total. The zero-order valence-electron chi connectivity index (χ0n) is 12.9. The maximum atomic E-state index is 11.7. The summed E-state index contributed by atoms with van der Waals surface area (Å²) in [7, 11) is 1.51. The third kappa shape index (κ3) is 4.48. The van der Waals surface area contributed by atoms with E-state index in [1.54, 1.807) is 36.4 Å². The van der Waals surface area contributed by atoms with Crippen molar-refractivity contribution in [3.05, 3.63) is 53.6 Å². The zero-order valence-corrected chi connectivity index (χ0v) is 12.9. The Morgan fingerprint density at radius 3 is 2.92 bits per heavy atom. The molecule has 0 aliphatic heterocycles. The standard InChI is InChI=1S/C17H15N3O4/c1-23-14-6-7-15(21)13(8-14)10-19-20-17(22)11-24-16-5-3-2-4-12(16)9-18/h2-8,10,21H,11H2,1H3,(H,20,22). The molecule has 0 fully saturated rings. The Balaban J connectivity index is 1.90. The van der Waals surface area contributed by atoms with Gasteiger partial charge in [-0.05, 0) is 30.3 Å². The largest absolute Gasteiger partial charge is 0.507 e. The first kappa shape index (κ1) is 16.8. The lowest BCUT2D eigenvalue weighted by molar-refractivity contribution is -0.123. The molecule has 24 heavy (non-hydrogen) atoms. The third-order valence-electron chi connectivity index (χ3n) is 2.99. The molecule has 0 saturated carbocycles. The highest BCUT2D eigenvalue weighted by Gasteiger charge is 2.06. The number of aromatic hydroxyl groups is 1. The summed E-state index contributed by atoms with van der Waals surface area (Å²) in [5.74, 6) is 0.385. The van der Waals surface area contributed by atoms with Gasteiger partial charge >= 0.3 is 0 Å². The lowest BCUT2D eigenvalue weighted by Gasteiger charge is -2.06. The number of rotatable bonds is 6. The Bertz CT molecular complexity index is 797. The van der Waals surface area contributed by atoms with E-state index in [0.717, 1.165) is 0 Å². The number of phenols is 1. The summed E-state index contributed by atoms with van der Waals surface area (Å²) in [6.07, 6.45) is 1.29. The summed E-state index contributed by atoms with van der Waals surface area (Å²) < 4.78 is 10.3. The Morgan fingerprint density at radius 2 is 2.17 bits per heavy atom. The summed E-state index contributed by atoms with van der Waals surface area (Å²) in [6.45, 7) is -0.292. The molecule has 0 aliphatic rings. The number of ether oxygens (including phenoxy) is 2. The van der Waals surface area contributed by atoms with Crippen LogP contribution < -0.4 is 14.9 Å². The number of carbonyl (C=O) groups is 1. The van der Waals surface area contributed by atoms with Gasteiger partial charge in [0.15, 0.2) is 6.61 Å². The Labute approximate surface area is 138 Å². The maximum Gasteiger partial charge on any atom is 0.277 e. The molecular weight excluding hydrogens is 310 g/mol. The van der Waals surface area contributed by atoms with Gasteiger partial charge in [0.25, 0.3) is 5.91 Å². The quantitative estimate of drug-likeness (QED) is 0.622. The van der Waals surface area contributed by atoms with Gasteiger partial charge in [-0.25, -0.2) is 5.43 Å². The van der Waals surface area contributed by atoms with Crippen LogP contribution in [-0.2, 0) is 4.79 Å². The van der Waals surface area contributed by atoms with Crippen molar-refractivity contribution in [3.63, 3.8) is 0 Å². The van der Waals surface area contributed by atoms with Gasteiger partial charge in [0.2, 0.25) is 0 Å². The van der Waals surface area contributed by atoms with E-state index in [9.17, 15) is 9.90 Å². The average Bonchev–Trinajstić information content (AvgIpc) is 2.61. The van der Waals surface area contributed by atoms with Gasteiger partial charge in [0.1, 0.15) is 23.3 Å². The zero-order chi connectivity index (χ0) is 17.4. The minimum atomic E-state index is -0.499. The van der Waals surface area contributed by atoms with E-state index in [2.05, 4.69) is 10.5 Å². The van der Waals surface area contributed by atoms with E-state index in [1.807, 2.05) is 6.07 Å². The fourth-order valence-electron chi connectivity index (χ4n) is 1.80. The van der Waals surface area contributed by atoms with E-state index in [-0.39, 0.29) is 12.4 Å². The third-order valence-corrected chi connectivity index (χ3v) is 2.99. The Hall–Kier alpha value is -3.53. The average molecular weight is 325 g/mol. The molecule has 2 rings (SSSR count). The first-order valence-electron chi connectivity index (χ1n) is 6.95. The van der Waals surface area contributed by atoms with E-state index in [1.165, 1.54) is 19.4 Å². The van der Waals surface area contributed by atoms with Crippen molar-refractivity contribution in [1.82, 2.24) is 5.43 Å². The molecule has 1 amide bonds. The summed E-state index contributed by atoms with van der Waals surface area (Å²) >= 11 is 0. The number of nitriles is 1. The number of phenolic OH excluding ortho intramolecular Hbond substituents is 1. The highest BCUT2D eigenvalue weighted by atomic mass is 16.5. The molecule has 0 saturated heterocycles. The number of nitrogens with zero attached hydrogens (tertiary/aromatic N) is 2. The minimum absolute atomic E-state index is 0.00740. The number of nitrogens with one attached hydrogen (secondary N) is 1. The molecule has 0 atom stereocenters. The van der Waals surface area contributed by atoms with Gasteiger partial charge in [0, 0.05) is 5.56 Å². The smallest absolute Gasteiger partial charge is 0.277 e. The summed E-state index contributed by atoms with van der Waals surface area (Å²) in [5, 5.41) is 22.4. The van der Waals surface area contributed by atoms with Gasteiger partial charge in [-0.2, -0.15) is 10.4 Å². The number of para-hydroxylation sites is 1. The van der Waals surface area contributed by atoms with Gasteiger partial charge in [0.05, 0.1) is 18.9 Å². The van der Waals surface area contributed by atoms with Crippen LogP contribution >= 0.6 is 0 Å². The van der Waals surface area contributed by atoms with Crippen LogP contribution in [0, 0.1) is 11.3 Å². The van der Waals surface area contributed by atoms with Crippen molar-refractivity contribution < 1.29 is 19.4 Å². The number of methoxy groups -OCH3 is 1. The normalized spacial score (nSPS) is 10.2. The molecular formula is C17H15N3O4. The van der Waals surface area contributed by atoms with Gasteiger partial charge in [-0.3, -0.25) is 4.79 Å². The molecule has 0 spiro atoms. The number of hydrogen-bond acceptors (Lipinski definition) is 6. The molecule has 7 nitrogen and oxygen atoms in total. The SMILES string of the molecule is COc1ccc(O)c(C=NNC(=O)COc2ccccc2C#N)c1. The van der Waals surface area contributed by atoms with Crippen LogP contribution in [0.3, 0.4) is 0 Å². The summed E-state index contributed by atoms with van der Waals surface area (Å²) in [4.78, 5) is 11.7. The van der Waals surface area contributed by atoms with Crippen molar-refractivity contribution in [1.29, 1.82) is 5.26 Å². The number of amides is 1. The highest BCUT2D eigenvalue weighted by Crippen LogP contribution is 2.21. The molecule has 0 unspecified atom stereocenters. The van der Waals surface area contributed by atoms with Gasteiger partial charge in [-0.15, -0.1) is 0 Å². The molecule has 0 aliphatic carbocycles. The molecule has 7 heteroatoms. The summed E-state index contributed by atoms with van der Waals surface area (Å²) in [5.41, 5.74) is 3.01. The number of hydrazone groups is 1. The second-order valence-electron chi connectivity index (χ2n) is 4.61. The first-order valence-corrected chi connectivity index (χ1v) is 6.95. The fraction of sp³-hybridized carbons (Fsp3) is 0.118. The molecule has 0 radical (unpaired) electrons. The lowest BCUT2D eigenvalue weighted by atomic mass is 10.2. The Morgan fingerprint density at radius 1 is 1.38 bits per heavy atom. The van der Waals surface area contributed by atoms with E-state index in [4.69, 9.17) is 14.7 Å². The minimum Gasteiger partial charge on any atom is -0.507 e. The number of hydrogen-bond donors (Lipinski definition) is 2. The molecule has 2 aromatic rings. The van der Waals surface area contributed by atoms with E-state index in [0.29, 0.717) is 22.6 Å². The predicted octanol–water partition coefficient (Wildman–Crippen LogP) is 1.80. The van der Waals surface area contributed by atoms with Gasteiger partial charge < -0.3 is 14.6 Å². The van der Waals surface area contributed by atoms with Crippen LogP contribution in [-0.4, -0.2) is 30.9 Å². The van der Waals surface area contributed by atoms with Crippen molar-refractivity contribution in [2.24, 2.45) is 5.10 Å². The van der Waals surface area contributed by atoms with Crippen LogP contribution in [0.25, 0.3) is 0 Å². The lowest BCUT2D eigenvalue weighted by Crippen LogP contribution is -2.24. The fourth-order valence-corrected chi connectivity index (χ4v) is 1.80. The van der Waals surface area contributed by atoms with Crippen LogP contribution in [0.1, 0.15) is 11.1 Å². The molecule has 122 valence electrons. The molecule has 2 aromatic carbocycles. The van der Waals surface area contributed by atoms with Crippen LogP contribution in [0.15, 0.2) is 47.6 Å². The van der Waals surface area contributed by atoms with Crippen molar-refractivity contribution in [3.8, 4) is 23.3 Å². The van der Waals surface area contributed by atoms with Crippen LogP contribution in [0.4, 0.5) is 0 Å². The van der Waals surface area contributed by atoms with Crippen molar-refractivity contribution in [2.75, 3.05) is 13.7 Å². The number of benzene rings is 2. The molecule has 0 aromatic heterocycles. The van der Waals surface area contributed by atoms with Crippen LogP contribution in [0.2, 0.25) is 0 Å². The first-order chi connectivity index (χ1) is 11.6. The van der Waals surface area contributed by atoms with Crippen molar-refractivity contribution in [2.45, 2.75) is 0 Å². The van der Waals surface area contributed by atoms with Crippen LogP contribution in [0.5, 0.6) is 17.2 Å². The monoisotopic (exact) mass is 325 g/mol. The summed E-state index contributed by atoms with van der Waals surface area (Å²) in [6, 6.07) is 13.2. The predicted molar refractivity (Wildman–Crippen MR) is 87.0 cm³/mol. The van der Waals surface area contributed by atoms with E-state index < -0.39 is 5.91 Å². The second-order valence-corrected chi connectivity index (χ2v) is 4.61. The van der Waals surface area contributed by atoms with Crippen molar-refractivity contribution >= 4 is 12.1 Å².